The molecule has 0 bridgehead atoms. The topological polar surface area (TPSA) is 64.0 Å². The van der Waals surface area contributed by atoms with Crippen molar-refractivity contribution < 1.29 is 4.79 Å². The van der Waals surface area contributed by atoms with Gasteiger partial charge in [0.15, 0.2) is 0 Å². The molecule has 1 N–H and O–H groups in total. The van der Waals surface area contributed by atoms with Crippen molar-refractivity contribution in [1.29, 1.82) is 0 Å². The number of nitrogens with zero attached hydrogens (tertiary/aromatic N) is 2. The molecule has 6 heteroatoms. The van der Waals surface area contributed by atoms with E-state index >= 15 is 0 Å². The lowest BCUT2D eigenvalue weighted by molar-refractivity contribution is -0.120. The maximum Gasteiger partial charge on any atom is 0.281 e. The zero-order valence-electron chi connectivity index (χ0n) is 13.9. The van der Waals surface area contributed by atoms with Crippen molar-refractivity contribution in [2.24, 2.45) is 5.92 Å². The molecule has 3 aromatic rings. The van der Waals surface area contributed by atoms with E-state index in [-0.39, 0.29) is 17.4 Å². The van der Waals surface area contributed by atoms with E-state index in [0.29, 0.717) is 16.6 Å². The van der Waals surface area contributed by atoms with Gasteiger partial charge in [0.25, 0.3) is 5.56 Å². The minimum atomic E-state index is -0.250. The van der Waals surface area contributed by atoms with E-state index in [2.05, 4.69) is 10.4 Å². The van der Waals surface area contributed by atoms with Gasteiger partial charge in [-0.1, -0.05) is 44.2 Å². The summed E-state index contributed by atoms with van der Waals surface area (Å²) in [4.78, 5) is 31.1. The van der Waals surface area contributed by atoms with Crippen LogP contribution >= 0.6 is 11.3 Å². The molecule has 124 valence electrons. The number of benzene rings is 1. The zero-order valence-corrected chi connectivity index (χ0v) is 14.7. The molecule has 1 aromatic carbocycles. The van der Waals surface area contributed by atoms with Crippen LogP contribution in [0.25, 0.3) is 21.3 Å². The van der Waals surface area contributed by atoms with Crippen LogP contribution in [0.2, 0.25) is 0 Å². The van der Waals surface area contributed by atoms with Gasteiger partial charge in [-0.2, -0.15) is 0 Å². The molecule has 3 rings (SSSR count). The average Bonchev–Trinajstić information content (AvgIpc) is 2.94. The van der Waals surface area contributed by atoms with E-state index in [1.165, 1.54) is 22.3 Å². The van der Waals surface area contributed by atoms with Crippen LogP contribution in [0.3, 0.4) is 0 Å². The number of fused-ring (bicyclic) bond motifs is 1. The first-order valence-corrected chi connectivity index (χ1v) is 8.71. The minimum absolute atomic E-state index is 0.162. The molecule has 2 aromatic heterocycles. The van der Waals surface area contributed by atoms with Crippen LogP contribution in [0, 0.1) is 12.8 Å². The number of thiophene rings is 1. The van der Waals surface area contributed by atoms with Gasteiger partial charge in [-0.15, -0.1) is 11.3 Å². The van der Waals surface area contributed by atoms with Crippen LogP contribution in [0.15, 0.2) is 41.5 Å². The maximum absolute atomic E-state index is 12.9. The number of carbonyl (C=O) groups is 1. The highest BCUT2D eigenvalue weighted by Gasteiger charge is 2.18. The van der Waals surface area contributed by atoms with Crippen molar-refractivity contribution in [3.05, 3.63) is 51.9 Å². The second kappa shape index (κ2) is 6.57. The number of hydrogen-bond donors (Lipinski definition) is 1. The Balaban J connectivity index is 2.15. The van der Waals surface area contributed by atoms with E-state index in [0.717, 1.165) is 16.0 Å². The summed E-state index contributed by atoms with van der Waals surface area (Å²) >= 11 is 1.49. The molecule has 0 spiro atoms. The molecule has 0 aliphatic rings. The number of rotatable bonds is 4. The smallest absolute Gasteiger partial charge is 0.273 e. The van der Waals surface area contributed by atoms with Crippen molar-refractivity contribution in [1.82, 2.24) is 9.66 Å². The summed E-state index contributed by atoms with van der Waals surface area (Å²) in [6.07, 6.45) is 2.10. The van der Waals surface area contributed by atoms with E-state index in [9.17, 15) is 9.59 Å². The van der Waals surface area contributed by atoms with Crippen molar-refractivity contribution in [2.75, 3.05) is 5.43 Å². The Bertz CT molecular complexity index is 944. The van der Waals surface area contributed by atoms with E-state index in [1.807, 2.05) is 51.1 Å². The average molecular weight is 341 g/mol. The van der Waals surface area contributed by atoms with Gasteiger partial charge >= 0.3 is 0 Å². The van der Waals surface area contributed by atoms with E-state index in [4.69, 9.17) is 0 Å². The Morgan fingerprint density at radius 1 is 1.33 bits per heavy atom. The fourth-order valence-corrected chi connectivity index (χ4v) is 3.55. The molecule has 5 nitrogen and oxygen atoms in total. The standard InChI is InChI=1S/C18H19N3O2S/c1-4-11(2)16(22)20-21-10-19-17-15(18(21)23)14(12(3)24-17)13-8-6-5-7-9-13/h5-11H,4H2,1-3H3,(H,20,22). The highest BCUT2D eigenvalue weighted by atomic mass is 32.1. The zero-order chi connectivity index (χ0) is 17.3. The van der Waals surface area contributed by atoms with Crippen LogP contribution in [0.1, 0.15) is 25.1 Å². The molecule has 0 aliphatic carbocycles. The predicted octanol–water partition coefficient (Wildman–Crippen LogP) is 3.55. The first kappa shape index (κ1) is 16.4. The number of aromatic nitrogens is 2. The van der Waals surface area contributed by atoms with Gasteiger partial charge in [0.1, 0.15) is 11.2 Å². The number of nitrogens with one attached hydrogen (secondary N) is 1. The van der Waals surface area contributed by atoms with Gasteiger partial charge in [-0.3, -0.25) is 15.0 Å². The van der Waals surface area contributed by atoms with Gasteiger partial charge in [0, 0.05) is 16.4 Å². The highest BCUT2D eigenvalue weighted by molar-refractivity contribution is 7.19. The third kappa shape index (κ3) is 2.85. The summed E-state index contributed by atoms with van der Waals surface area (Å²) in [5.41, 5.74) is 4.27. The van der Waals surface area contributed by atoms with Gasteiger partial charge < -0.3 is 0 Å². The van der Waals surface area contributed by atoms with E-state index < -0.39 is 0 Å². The molecule has 24 heavy (non-hydrogen) atoms. The molecule has 0 radical (unpaired) electrons. The number of aryl methyl sites for hydroxylation is 1. The minimum Gasteiger partial charge on any atom is -0.273 e. The van der Waals surface area contributed by atoms with Crippen molar-refractivity contribution in [2.45, 2.75) is 27.2 Å². The Morgan fingerprint density at radius 2 is 2.04 bits per heavy atom. The Labute approximate surface area is 143 Å². The second-order valence-corrected chi connectivity index (χ2v) is 6.99. The van der Waals surface area contributed by atoms with Crippen LogP contribution in [-0.2, 0) is 4.79 Å². The molecular weight excluding hydrogens is 322 g/mol. The lowest BCUT2D eigenvalue weighted by atomic mass is 10.0. The van der Waals surface area contributed by atoms with Crippen molar-refractivity contribution in [3.8, 4) is 11.1 Å². The normalized spacial score (nSPS) is 12.3. The lowest BCUT2D eigenvalue weighted by Gasteiger charge is -2.11. The van der Waals surface area contributed by atoms with Crippen molar-refractivity contribution >= 4 is 27.5 Å². The molecule has 0 aliphatic heterocycles. The van der Waals surface area contributed by atoms with Crippen LogP contribution in [0.4, 0.5) is 0 Å². The number of carbonyl (C=O) groups excluding carboxylic acids is 1. The second-order valence-electron chi connectivity index (χ2n) is 5.78. The number of amides is 1. The summed E-state index contributed by atoms with van der Waals surface area (Å²) in [5.74, 6) is -0.348. The van der Waals surface area contributed by atoms with Gasteiger partial charge in [-0.25, -0.2) is 9.66 Å². The first-order chi connectivity index (χ1) is 11.5. The molecule has 0 fully saturated rings. The summed E-state index contributed by atoms with van der Waals surface area (Å²) in [6.45, 7) is 5.75. The monoisotopic (exact) mass is 341 g/mol. The SMILES string of the molecule is CCC(C)C(=O)Nn1cnc2sc(C)c(-c3ccccc3)c2c1=O. The molecule has 0 saturated heterocycles. The molecule has 2 heterocycles. The maximum atomic E-state index is 12.9. The fraction of sp³-hybridized carbons (Fsp3) is 0.278. The molecule has 1 unspecified atom stereocenters. The Hall–Kier alpha value is -2.47. The summed E-state index contributed by atoms with van der Waals surface area (Å²) in [6, 6.07) is 9.78. The molecular formula is C18H19N3O2S. The van der Waals surface area contributed by atoms with Crippen molar-refractivity contribution in [3.63, 3.8) is 0 Å². The summed E-state index contributed by atoms with van der Waals surface area (Å²) < 4.78 is 1.19. The molecule has 1 atom stereocenters. The summed E-state index contributed by atoms with van der Waals surface area (Å²) in [7, 11) is 0. The first-order valence-electron chi connectivity index (χ1n) is 7.90. The third-order valence-corrected chi connectivity index (χ3v) is 5.16. The van der Waals surface area contributed by atoms with Crippen LogP contribution in [-0.4, -0.2) is 15.6 Å². The Morgan fingerprint density at radius 3 is 2.71 bits per heavy atom. The molecule has 0 saturated carbocycles. The van der Waals surface area contributed by atoms with Gasteiger partial charge in [0.05, 0.1) is 5.39 Å². The summed E-state index contributed by atoms with van der Waals surface area (Å²) in [5, 5.41) is 0.552. The predicted molar refractivity (Wildman–Crippen MR) is 97.9 cm³/mol. The lowest BCUT2D eigenvalue weighted by Crippen LogP contribution is -2.35. The fourth-order valence-electron chi connectivity index (χ4n) is 2.55. The number of hydrogen-bond acceptors (Lipinski definition) is 4. The van der Waals surface area contributed by atoms with Crippen LogP contribution < -0.4 is 11.0 Å². The van der Waals surface area contributed by atoms with Gasteiger partial charge in [0.2, 0.25) is 5.91 Å². The Kier molecular flexibility index (Phi) is 4.49. The van der Waals surface area contributed by atoms with Gasteiger partial charge in [-0.05, 0) is 18.9 Å². The van der Waals surface area contributed by atoms with E-state index in [1.54, 1.807) is 0 Å². The molecule has 1 amide bonds. The largest absolute Gasteiger partial charge is 0.281 e. The van der Waals surface area contributed by atoms with Crippen LogP contribution in [0.5, 0.6) is 0 Å². The quantitative estimate of drug-likeness (QED) is 0.789. The third-order valence-electron chi connectivity index (χ3n) is 4.14. The highest BCUT2D eigenvalue weighted by Crippen LogP contribution is 2.35.